The van der Waals surface area contributed by atoms with Crippen LogP contribution < -0.4 is 9.46 Å². The maximum atomic E-state index is 12.5. The number of anilines is 1. The molecule has 0 unspecified atom stereocenters. The molecule has 0 aliphatic carbocycles. The van der Waals surface area contributed by atoms with Gasteiger partial charge >= 0.3 is 5.97 Å². The molecule has 0 atom stereocenters. The van der Waals surface area contributed by atoms with E-state index in [1.54, 1.807) is 42.2 Å². The second-order valence-corrected chi connectivity index (χ2v) is 8.82. The molecule has 1 aliphatic heterocycles. The topological polar surface area (TPSA) is 102 Å². The third-order valence-corrected chi connectivity index (χ3v) is 6.39. The van der Waals surface area contributed by atoms with E-state index in [1.165, 1.54) is 24.3 Å². The monoisotopic (exact) mass is 446 g/mol. The molecular formula is C22H26N2O6S. The van der Waals surface area contributed by atoms with Crippen LogP contribution in [-0.2, 0) is 24.3 Å². The van der Waals surface area contributed by atoms with Gasteiger partial charge in [0.1, 0.15) is 5.75 Å². The van der Waals surface area contributed by atoms with Gasteiger partial charge in [-0.15, -0.1) is 0 Å². The number of ether oxygens (including phenoxy) is 2. The van der Waals surface area contributed by atoms with Gasteiger partial charge in [-0.1, -0.05) is 18.2 Å². The molecule has 0 bridgehead atoms. The van der Waals surface area contributed by atoms with Crippen molar-refractivity contribution in [2.45, 2.75) is 24.7 Å². The lowest BCUT2D eigenvalue weighted by Gasteiger charge is -2.30. The molecular weight excluding hydrogens is 420 g/mol. The minimum atomic E-state index is -3.71. The Balaban J connectivity index is 1.49. The molecule has 9 heteroatoms. The predicted octanol–water partition coefficient (Wildman–Crippen LogP) is 2.67. The van der Waals surface area contributed by atoms with Gasteiger partial charge in [0.25, 0.3) is 15.9 Å². The van der Waals surface area contributed by atoms with E-state index >= 15 is 0 Å². The Morgan fingerprint density at radius 2 is 1.68 bits per heavy atom. The third-order valence-electron chi connectivity index (χ3n) is 4.99. The molecule has 2 aromatic carbocycles. The van der Waals surface area contributed by atoms with Crippen LogP contribution in [0.5, 0.6) is 5.75 Å². The van der Waals surface area contributed by atoms with Gasteiger partial charge in [-0.2, -0.15) is 0 Å². The van der Waals surface area contributed by atoms with Crippen LogP contribution in [0.1, 0.15) is 19.8 Å². The molecule has 31 heavy (non-hydrogen) atoms. The van der Waals surface area contributed by atoms with Crippen molar-refractivity contribution in [3.8, 4) is 5.75 Å². The molecule has 1 fully saturated rings. The zero-order valence-electron chi connectivity index (χ0n) is 17.3. The lowest BCUT2D eigenvalue weighted by Crippen LogP contribution is -2.42. The molecule has 1 N–H and O–H groups in total. The molecule has 0 saturated carbocycles. The Kier molecular flexibility index (Phi) is 7.51. The van der Waals surface area contributed by atoms with E-state index < -0.39 is 10.0 Å². The van der Waals surface area contributed by atoms with Gasteiger partial charge < -0.3 is 14.4 Å². The maximum absolute atomic E-state index is 12.5. The molecule has 1 aliphatic rings. The summed E-state index contributed by atoms with van der Waals surface area (Å²) in [6.07, 6.45) is 1.15. The van der Waals surface area contributed by atoms with Gasteiger partial charge in [-0.05, 0) is 56.2 Å². The van der Waals surface area contributed by atoms with Crippen molar-refractivity contribution in [2.75, 3.05) is 31.0 Å². The Morgan fingerprint density at radius 1 is 1.03 bits per heavy atom. The highest BCUT2D eigenvalue weighted by atomic mass is 32.2. The molecule has 8 nitrogen and oxygen atoms in total. The normalized spacial score (nSPS) is 14.7. The minimum Gasteiger partial charge on any atom is -0.484 e. The summed E-state index contributed by atoms with van der Waals surface area (Å²) in [4.78, 5) is 25.9. The first kappa shape index (κ1) is 22.6. The summed E-state index contributed by atoms with van der Waals surface area (Å²) in [5.41, 5.74) is 0.472. The van der Waals surface area contributed by atoms with Crippen molar-refractivity contribution in [2.24, 2.45) is 5.92 Å². The van der Waals surface area contributed by atoms with Crippen LogP contribution in [0.4, 0.5) is 5.69 Å². The summed E-state index contributed by atoms with van der Waals surface area (Å²) < 4.78 is 38.0. The number of esters is 1. The Bertz CT molecular complexity index is 984. The average molecular weight is 447 g/mol. The summed E-state index contributed by atoms with van der Waals surface area (Å²) in [5, 5.41) is 0. The minimum absolute atomic E-state index is 0.0936. The number of carbonyl (C=O) groups is 2. The predicted molar refractivity (Wildman–Crippen MR) is 115 cm³/mol. The molecule has 0 spiro atoms. The smallest absolute Gasteiger partial charge is 0.309 e. The number of carbonyl (C=O) groups excluding carboxylic acids is 2. The summed E-state index contributed by atoms with van der Waals surface area (Å²) in [6, 6.07) is 14.5. The van der Waals surface area contributed by atoms with Crippen LogP contribution in [0.2, 0.25) is 0 Å². The maximum Gasteiger partial charge on any atom is 0.309 e. The number of nitrogens with zero attached hydrogens (tertiary/aromatic N) is 1. The summed E-state index contributed by atoms with van der Waals surface area (Å²) in [5.74, 6) is -0.148. The van der Waals surface area contributed by atoms with Crippen molar-refractivity contribution in [1.29, 1.82) is 0 Å². The highest BCUT2D eigenvalue weighted by Gasteiger charge is 2.28. The van der Waals surface area contributed by atoms with Crippen molar-refractivity contribution in [1.82, 2.24) is 4.90 Å². The summed E-state index contributed by atoms with van der Waals surface area (Å²) in [6.45, 7) is 2.93. The number of likely N-dealkylation sites (tertiary alicyclic amines) is 1. The van der Waals surface area contributed by atoms with Crippen LogP contribution in [0.25, 0.3) is 0 Å². The standard InChI is InChI=1S/C22H26N2O6S/c1-2-29-22(26)17-12-14-24(15-13-17)21(25)16-30-19-8-10-20(11-9-19)31(27,28)23-18-6-4-3-5-7-18/h3-11,17,23H,2,12-16H2,1H3. The Hall–Kier alpha value is -3.07. The molecule has 1 heterocycles. The molecule has 1 saturated heterocycles. The lowest BCUT2D eigenvalue weighted by molar-refractivity contribution is -0.151. The molecule has 0 aromatic heterocycles. The number of amides is 1. The second kappa shape index (κ2) is 10.3. The first-order valence-corrected chi connectivity index (χ1v) is 11.6. The van der Waals surface area contributed by atoms with E-state index in [0.717, 1.165) is 0 Å². The first-order chi connectivity index (χ1) is 14.9. The van der Waals surface area contributed by atoms with E-state index in [-0.39, 0.29) is 29.3 Å². The zero-order valence-corrected chi connectivity index (χ0v) is 18.1. The summed E-state index contributed by atoms with van der Waals surface area (Å²) in [7, 11) is -3.71. The molecule has 166 valence electrons. The Morgan fingerprint density at radius 3 is 2.29 bits per heavy atom. The van der Waals surface area contributed by atoms with Crippen LogP contribution in [0.3, 0.4) is 0 Å². The number of hydrogen-bond acceptors (Lipinski definition) is 6. The fraction of sp³-hybridized carbons (Fsp3) is 0.364. The average Bonchev–Trinajstić information content (AvgIpc) is 2.78. The van der Waals surface area contributed by atoms with Gasteiger partial charge in [0.05, 0.1) is 17.4 Å². The number of piperidine rings is 1. The highest BCUT2D eigenvalue weighted by molar-refractivity contribution is 7.92. The van der Waals surface area contributed by atoms with Gasteiger partial charge in [-0.25, -0.2) is 8.42 Å². The fourth-order valence-electron chi connectivity index (χ4n) is 3.30. The van der Waals surface area contributed by atoms with E-state index in [9.17, 15) is 18.0 Å². The molecule has 3 rings (SSSR count). The van der Waals surface area contributed by atoms with Gasteiger partial charge in [-0.3, -0.25) is 14.3 Å². The molecule has 1 amide bonds. The van der Waals surface area contributed by atoms with Crippen molar-refractivity contribution >= 4 is 27.6 Å². The van der Waals surface area contributed by atoms with Crippen molar-refractivity contribution < 1.29 is 27.5 Å². The quantitative estimate of drug-likeness (QED) is 0.626. The number of para-hydroxylation sites is 1. The Labute approximate surface area is 182 Å². The largest absolute Gasteiger partial charge is 0.484 e. The van der Waals surface area contributed by atoms with Crippen LogP contribution in [0.15, 0.2) is 59.5 Å². The van der Waals surface area contributed by atoms with E-state index in [0.29, 0.717) is 44.0 Å². The number of hydrogen-bond donors (Lipinski definition) is 1. The summed E-state index contributed by atoms with van der Waals surface area (Å²) >= 11 is 0. The van der Waals surface area contributed by atoms with Crippen molar-refractivity contribution in [3.63, 3.8) is 0 Å². The number of sulfonamides is 1. The first-order valence-electron chi connectivity index (χ1n) is 10.1. The number of benzene rings is 2. The SMILES string of the molecule is CCOC(=O)C1CCN(C(=O)COc2ccc(S(=O)(=O)Nc3ccccc3)cc2)CC1. The van der Waals surface area contributed by atoms with Crippen LogP contribution in [-0.4, -0.2) is 51.5 Å². The number of nitrogens with one attached hydrogen (secondary N) is 1. The van der Waals surface area contributed by atoms with Crippen molar-refractivity contribution in [3.05, 3.63) is 54.6 Å². The van der Waals surface area contributed by atoms with Gasteiger partial charge in [0.2, 0.25) is 0 Å². The molecule has 0 radical (unpaired) electrons. The fourth-order valence-corrected chi connectivity index (χ4v) is 4.35. The highest BCUT2D eigenvalue weighted by Crippen LogP contribution is 2.21. The van der Waals surface area contributed by atoms with Gasteiger partial charge in [0, 0.05) is 18.8 Å². The second-order valence-electron chi connectivity index (χ2n) is 7.14. The van der Waals surface area contributed by atoms with Crippen LogP contribution >= 0.6 is 0 Å². The van der Waals surface area contributed by atoms with E-state index in [1.807, 2.05) is 0 Å². The van der Waals surface area contributed by atoms with E-state index in [2.05, 4.69) is 4.72 Å². The van der Waals surface area contributed by atoms with Crippen LogP contribution in [0, 0.1) is 5.92 Å². The molecule has 2 aromatic rings. The lowest BCUT2D eigenvalue weighted by atomic mass is 9.97. The number of rotatable bonds is 8. The van der Waals surface area contributed by atoms with E-state index in [4.69, 9.17) is 9.47 Å². The van der Waals surface area contributed by atoms with Gasteiger partial charge in [0.15, 0.2) is 6.61 Å². The third kappa shape index (κ3) is 6.21. The zero-order chi connectivity index (χ0) is 22.3.